The van der Waals surface area contributed by atoms with Crippen molar-refractivity contribution in [1.29, 1.82) is 0 Å². The Hall–Kier alpha value is -2.22. The molecule has 0 bridgehead atoms. The summed E-state index contributed by atoms with van der Waals surface area (Å²) in [5.74, 6) is 0.626. The molecular formula is C16H14N2. The fourth-order valence-electron chi connectivity index (χ4n) is 3.27. The number of anilines is 1. The summed E-state index contributed by atoms with van der Waals surface area (Å²) in [7, 11) is 0. The van der Waals surface area contributed by atoms with Crippen LogP contribution in [-0.2, 0) is 0 Å². The Bertz CT molecular complexity index is 675. The molecule has 4 rings (SSSR count). The normalized spacial score (nSPS) is 26.4. The first-order chi connectivity index (χ1) is 8.75. The Morgan fingerprint density at radius 2 is 1.83 bits per heavy atom. The van der Waals surface area contributed by atoms with E-state index in [0.29, 0.717) is 5.92 Å². The molecule has 0 radical (unpaired) electrons. The van der Waals surface area contributed by atoms with Crippen molar-refractivity contribution < 1.29 is 0 Å². The predicted molar refractivity (Wildman–Crippen MR) is 75.5 cm³/mol. The Morgan fingerprint density at radius 1 is 0.944 bits per heavy atom. The largest absolute Gasteiger partial charge is 0.402 e. The molecule has 2 heteroatoms. The lowest BCUT2D eigenvalue weighted by molar-refractivity contribution is 0.623. The molecule has 2 atom stereocenters. The van der Waals surface area contributed by atoms with E-state index in [-0.39, 0.29) is 5.92 Å². The summed E-state index contributed by atoms with van der Waals surface area (Å²) < 4.78 is 0. The molecule has 0 aromatic heterocycles. The second-order valence-corrected chi connectivity index (χ2v) is 5.10. The smallest absolute Gasteiger partial charge is 0.0391 e. The van der Waals surface area contributed by atoms with E-state index in [1.807, 2.05) is 12.1 Å². The molecule has 0 spiro atoms. The molecular weight excluding hydrogens is 220 g/mol. The minimum atomic E-state index is 0.281. The first-order valence-corrected chi connectivity index (χ1v) is 6.21. The monoisotopic (exact) mass is 234 g/mol. The van der Waals surface area contributed by atoms with Crippen molar-refractivity contribution in [3.8, 4) is 0 Å². The Morgan fingerprint density at radius 3 is 2.72 bits per heavy atom. The van der Waals surface area contributed by atoms with Crippen LogP contribution in [0, 0.1) is 5.92 Å². The van der Waals surface area contributed by atoms with E-state index >= 15 is 0 Å². The number of nitrogen functional groups attached to an aromatic ring is 1. The van der Waals surface area contributed by atoms with Crippen molar-refractivity contribution in [3.05, 3.63) is 64.4 Å². The lowest BCUT2D eigenvalue weighted by atomic mass is 9.68. The first kappa shape index (κ1) is 9.77. The molecule has 0 aliphatic heterocycles. The van der Waals surface area contributed by atoms with Crippen LogP contribution in [0.15, 0.2) is 47.7 Å². The maximum absolute atomic E-state index is 6.13. The van der Waals surface area contributed by atoms with Gasteiger partial charge in [0.05, 0.1) is 0 Å². The summed E-state index contributed by atoms with van der Waals surface area (Å²) in [4.78, 5) is 0. The fourth-order valence-corrected chi connectivity index (χ4v) is 3.27. The number of hydrogen-bond acceptors (Lipinski definition) is 2. The van der Waals surface area contributed by atoms with E-state index in [1.165, 1.54) is 22.3 Å². The third kappa shape index (κ3) is 1.07. The predicted octanol–water partition coefficient (Wildman–Crippen LogP) is 2.80. The van der Waals surface area contributed by atoms with Gasteiger partial charge >= 0.3 is 0 Å². The van der Waals surface area contributed by atoms with Gasteiger partial charge in [-0.3, -0.25) is 0 Å². The van der Waals surface area contributed by atoms with Gasteiger partial charge in [0.2, 0.25) is 0 Å². The summed E-state index contributed by atoms with van der Waals surface area (Å²) >= 11 is 0. The minimum Gasteiger partial charge on any atom is -0.402 e. The van der Waals surface area contributed by atoms with E-state index in [9.17, 15) is 0 Å². The van der Waals surface area contributed by atoms with Gasteiger partial charge in [0.25, 0.3) is 0 Å². The number of hydrogen-bond donors (Lipinski definition) is 2. The van der Waals surface area contributed by atoms with Crippen LogP contribution >= 0.6 is 0 Å². The topological polar surface area (TPSA) is 52.0 Å². The van der Waals surface area contributed by atoms with Crippen molar-refractivity contribution in [3.63, 3.8) is 0 Å². The zero-order valence-electron chi connectivity index (χ0n) is 9.93. The fraction of sp³-hybridized carbons (Fsp3) is 0.125. The molecule has 2 nitrogen and oxygen atoms in total. The second-order valence-electron chi connectivity index (χ2n) is 5.10. The number of allylic oxidation sites excluding steroid dienone is 5. The van der Waals surface area contributed by atoms with Gasteiger partial charge in [0.1, 0.15) is 0 Å². The molecule has 3 aliphatic carbocycles. The molecule has 2 unspecified atom stereocenters. The number of benzene rings is 1. The second kappa shape index (κ2) is 3.16. The van der Waals surface area contributed by atoms with Crippen LogP contribution in [0.3, 0.4) is 0 Å². The van der Waals surface area contributed by atoms with Gasteiger partial charge in [0.15, 0.2) is 0 Å². The first-order valence-electron chi connectivity index (χ1n) is 6.21. The van der Waals surface area contributed by atoms with Crippen LogP contribution in [0.4, 0.5) is 5.69 Å². The van der Waals surface area contributed by atoms with Crippen LogP contribution < -0.4 is 11.5 Å². The number of rotatable bonds is 0. The van der Waals surface area contributed by atoms with E-state index in [1.54, 1.807) is 0 Å². The number of nitrogens with two attached hydrogens (primary N) is 2. The molecule has 0 fully saturated rings. The highest BCUT2D eigenvalue weighted by Gasteiger charge is 2.35. The molecule has 1 aromatic carbocycles. The molecule has 3 aliphatic rings. The van der Waals surface area contributed by atoms with Gasteiger partial charge < -0.3 is 11.5 Å². The third-order valence-electron chi connectivity index (χ3n) is 4.16. The SMILES string of the molecule is NC1=CC=C2C=Cc3c(N)ccc4c3C2C1C=C4. The van der Waals surface area contributed by atoms with Crippen molar-refractivity contribution >= 4 is 17.8 Å². The molecule has 0 heterocycles. The maximum Gasteiger partial charge on any atom is 0.0391 e. The van der Waals surface area contributed by atoms with E-state index in [0.717, 1.165) is 11.4 Å². The molecule has 1 aromatic rings. The highest BCUT2D eigenvalue weighted by molar-refractivity contribution is 5.80. The average molecular weight is 234 g/mol. The standard InChI is InChI=1S/C16H14N2/c17-13-8-4-10-2-6-12-14(18)7-3-9-1-5-11(13)16(10)15(9)12/h1-8,11,16H,17-18H2. The van der Waals surface area contributed by atoms with Crippen LogP contribution in [0.25, 0.3) is 12.2 Å². The summed E-state index contributed by atoms with van der Waals surface area (Å²) in [5.41, 5.74) is 19.1. The third-order valence-corrected chi connectivity index (χ3v) is 4.16. The molecule has 4 N–H and O–H groups in total. The van der Waals surface area contributed by atoms with Crippen LogP contribution in [0.1, 0.15) is 22.6 Å². The van der Waals surface area contributed by atoms with E-state index < -0.39 is 0 Å². The zero-order valence-corrected chi connectivity index (χ0v) is 9.93. The van der Waals surface area contributed by atoms with Gasteiger partial charge in [0, 0.05) is 28.8 Å². The van der Waals surface area contributed by atoms with E-state index in [2.05, 4.69) is 36.4 Å². The van der Waals surface area contributed by atoms with Gasteiger partial charge in [-0.1, -0.05) is 36.4 Å². The maximum atomic E-state index is 6.13. The molecule has 0 saturated carbocycles. The molecule has 0 saturated heterocycles. The van der Waals surface area contributed by atoms with Gasteiger partial charge in [-0.25, -0.2) is 0 Å². The highest BCUT2D eigenvalue weighted by Crippen LogP contribution is 2.49. The van der Waals surface area contributed by atoms with Crippen LogP contribution in [0.5, 0.6) is 0 Å². The lowest BCUT2D eigenvalue weighted by Crippen LogP contribution is -2.27. The Labute approximate surface area is 106 Å². The van der Waals surface area contributed by atoms with Crippen LogP contribution in [-0.4, -0.2) is 0 Å². The molecule has 18 heavy (non-hydrogen) atoms. The molecule has 0 amide bonds. The summed E-state index contributed by atoms with van der Waals surface area (Å²) in [6.45, 7) is 0. The zero-order chi connectivity index (χ0) is 12.3. The summed E-state index contributed by atoms with van der Waals surface area (Å²) in [5, 5.41) is 0. The quantitative estimate of drug-likeness (QED) is 0.678. The van der Waals surface area contributed by atoms with Gasteiger partial charge in [-0.2, -0.15) is 0 Å². The highest BCUT2D eigenvalue weighted by atomic mass is 14.6. The van der Waals surface area contributed by atoms with Gasteiger partial charge in [-0.05, 0) is 28.8 Å². The summed E-state index contributed by atoms with van der Waals surface area (Å²) in [6.07, 6.45) is 12.8. The van der Waals surface area contributed by atoms with Crippen molar-refractivity contribution in [2.45, 2.75) is 5.92 Å². The Balaban J connectivity index is 2.08. The van der Waals surface area contributed by atoms with Gasteiger partial charge in [-0.15, -0.1) is 0 Å². The summed E-state index contributed by atoms with van der Waals surface area (Å²) in [6, 6.07) is 4.09. The van der Waals surface area contributed by atoms with E-state index in [4.69, 9.17) is 11.5 Å². The van der Waals surface area contributed by atoms with Crippen LogP contribution in [0.2, 0.25) is 0 Å². The minimum absolute atomic E-state index is 0.281. The molecule has 88 valence electrons. The van der Waals surface area contributed by atoms with Crippen molar-refractivity contribution in [2.75, 3.05) is 5.73 Å². The van der Waals surface area contributed by atoms with Crippen molar-refractivity contribution in [2.24, 2.45) is 11.7 Å². The Kier molecular flexibility index (Phi) is 1.72. The average Bonchev–Trinajstić information content (AvgIpc) is 2.40. The van der Waals surface area contributed by atoms with Crippen molar-refractivity contribution in [1.82, 2.24) is 0 Å². The lowest BCUT2D eigenvalue weighted by Gasteiger charge is -2.37.